The second kappa shape index (κ2) is 6.54. The lowest BCUT2D eigenvalue weighted by atomic mass is 9.81. The molecular formula is C16H22O8. The summed E-state index contributed by atoms with van der Waals surface area (Å²) in [5.74, 6) is -3.54. The molecule has 3 N–H and O–H groups in total. The fourth-order valence-corrected chi connectivity index (χ4v) is 3.27. The van der Waals surface area contributed by atoms with Crippen LogP contribution < -0.4 is 0 Å². The number of methoxy groups -OCH3 is 1. The SMILES string of the molecule is CC=C(C)C(=O)O[C@H]1[C@@H](O)[C@@H]2C(C(=O)OC)=COC(O)[C@@H]2[C@@]1(C)O. The zero-order chi connectivity index (χ0) is 18.2. The summed E-state index contributed by atoms with van der Waals surface area (Å²) in [6, 6.07) is 0. The molecule has 0 amide bonds. The van der Waals surface area contributed by atoms with Crippen molar-refractivity contribution in [3.8, 4) is 0 Å². The second-order valence-electron chi connectivity index (χ2n) is 6.16. The van der Waals surface area contributed by atoms with Gasteiger partial charge in [0.05, 0.1) is 24.9 Å². The third-order valence-electron chi connectivity index (χ3n) is 4.73. The number of carbonyl (C=O) groups is 2. The van der Waals surface area contributed by atoms with Gasteiger partial charge in [-0.15, -0.1) is 0 Å². The number of rotatable bonds is 3. The highest BCUT2D eigenvalue weighted by molar-refractivity contribution is 5.89. The van der Waals surface area contributed by atoms with E-state index in [1.807, 2.05) is 0 Å². The number of fused-ring (bicyclic) bond motifs is 1. The first-order valence-electron chi connectivity index (χ1n) is 7.53. The van der Waals surface area contributed by atoms with Crippen LogP contribution in [0.4, 0.5) is 0 Å². The lowest BCUT2D eigenvalue weighted by Crippen LogP contribution is -2.49. The topological polar surface area (TPSA) is 123 Å². The van der Waals surface area contributed by atoms with Crippen molar-refractivity contribution in [2.24, 2.45) is 11.8 Å². The average molecular weight is 342 g/mol. The van der Waals surface area contributed by atoms with Crippen LogP contribution in [-0.2, 0) is 23.8 Å². The third-order valence-corrected chi connectivity index (χ3v) is 4.73. The molecule has 0 saturated heterocycles. The smallest absolute Gasteiger partial charge is 0.337 e. The standard InChI is InChI=1S/C16H22O8/c1-5-7(2)13(18)24-12-11(17)9-8(14(19)22-4)6-23-15(20)10(9)16(12,3)21/h5-6,9-12,15,17,20-21H,1-4H3/t9-,10-,11+,12+,15?,16-/m1/s1. The van der Waals surface area contributed by atoms with Crippen LogP contribution in [0.3, 0.4) is 0 Å². The van der Waals surface area contributed by atoms with Crippen LogP contribution in [0.25, 0.3) is 0 Å². The first-order valence-corrected chi connectivity index (χ1v) is 7.53. The Bertz CT molecular complexity index is 591. The molecule has 0 aromatic heterocycles. The quantitative estimate of drug-likeness (QED) is 0.469. The molecule has 2 rings (SSSR count). The van der Waals surface area contributed by atoms with Gasteiger partial charge in [-0.1, -0.05) is 6.08 Å². The average Bonchev–Trinajstić information content (AvgIpc) is 2.75. The maximum Gasteiger partial charge on any atom is 0.337 e. The Kier molecular flexibility index (Phi) is 5.03. The highest BCUT2D eigenvalue weighted by Gasteiger charge is 2.65. The molecule has 8 heteroatoms. The van der Waals surface area contributed by atoms with Gasteiger partial charge in [0.15, 0.2) is 6.10 Å². The highest BCUT2D eigenvalue weighted by Crippen LogP contribution is 2.49. The van der Waals surface area contributed by atoms with Gasteiger partial charge in [-0.2, -0.15) is 0 Å². The largest absolute Gasteiger partial charge is 0.472 e. The summed E-state index contributed by atoms with van der Waals surface area (Å²) < 4.78 is 14.9. The fourth-order valence-electron chi connectivity index (χ4n) is 3.27. The van der Waals surface area contributed by atoms with Gasteiger partial charge in [-0.25, -0.2) is 9.59 Å². The molecule has 24 heavy (non-hydrogen) atoms. The number of aliphatic hydroxyl groups excluding tert-OH is 2. The first-order chi connectivity index (χ1) is 11.2. The van der Waals surface area contributed by atoms with Crippen molar-refractivity contribution < 1.29 is 39.1 Å². The molecule has 0 bridgehead atoms. The molecule has 0 aromatic rings. The number of ether oxygens (including phenoxy) is 3. The highest BCUT2D eigenvalue weighted by atomic mass is 16.6. The van der Waals surface area contributed by atoms with E-state index in [9.17, 15) is 24.9 Å². The zero-order valence-corrected chi connectivity index (χ0v) is 13.9. The van der Waals surface area contributed by atoms with Gasteiger partial charge in [0.25, 0.3) is 0 Å². The first kappa shape index (κ1) is 18.4. The summed E-state index contributed by atoms with van der Waals surface area (Å²) >= 11 is 0. The normalized spacial score (nSPS) is 38.7. The molecule has 1 aliphatic carbocycles. The third kappa shape index (κ3) is 2.81. The Morgan fingerprint density at radius 1 is 1.38 bits per heavy atom. The second-order valence-corrected chi connectivity index (χ2v) is 6.16. The van der Waals surface area contributed by atoms with Gasteiger partial charge < -0.3 is 29.5 Å². The van der Waals surface area contributed by atoms with Gasteiger partial charge in [0, 0.05) is 11.5 Å². The molecule has 1 fully saturated rings. The Hall–Kier alpha value is -1.90. The minimum atomic E-state index is -1.82. The van der Waals surface area contributed by atoms with E-state index in [-0.39, 0.29) is 5.57 Å². The number of aliphatic hydroxyl groups is 3. The molecule has 0 radical (unpaired) electrons. The van der Waals surface area contributed by atoms with Crippen LogP contribution in [0.1, 0.15) is 20.8 Å². The molecule has 1 saturated carbocycles. The number of hydrogen-bond donors (Lipinski definition) is 3. The van der Waals surface area contributed by atoms with E-state index in [1.165, 1.54) is 19.9 Å². The predicted octanol–water partition coefficient (Wildman–Crippen LogP) is -0.372. The van der Waals surface area contributed by atoms with Gasteiger partial charge in [0.2, 0.25) is 6.29 Å². The van der Waals surface area contributed by atoms with Crippen molar-refractivity contribution in [2.45, 2.75) is 44.9 Å². The van der Waals surface area contributed by atoms with E-state index in [4.69, 9.17) is 9.47 Å². The Balaban J connectivity index is 2.39. The summed E-state index contributed by atoms with van der Waals surface area (Å²) in [6.07, 6.45) is -1.71. The maximum atomic E-state index is 12.0. The molecule has 1 unspecified atom stereocenters. The summed E-state index contributed by atoms with van der Waals surface area (Å²) in [4.78, 5) is 23.9. The van der Waals surface area contributed by atoms with Crippen LogP contribution in [0.15, 0.2) is 23.5 Å². The molecule has 6 atom stereocenters. The van der Waals surface area contributed by atoms with Crippen molar-refractivity contribution in [1.82, 2.24) is 0 Å². The predicted molar refractivity (Wildman–Crippen MR) is 80.1 cm³/mol. The number of esters is 2. The van der Waals surface area contributed by atoms with Gasteiger partial charge in [0.1, 0.15) is 11.7 Å². The molecule has 134 valence electrons. The van der Waals surface area contributed by atoms with Crippen LogP contribution in [0.2, 0.25) is 0 Å². The van der Waals surface area contributed by atoms with Crippen LogP contribution in [0.5, 0.6) is 0 Å². The molecule has 1 heterocycles. The number of carbonyl (C=O) groups excluding carboxylic acids is 2. The number of allylic oxidation sites excluding steroid dienone is 1. The lowest BCUT2D eigenvalue weighted by molar-refractivity contribution is -0.190. The van der Waals surface area contributed by atoms with E-state index in [0.29, 0.717) is 5.57 Å². The van der Waals surface area contributed by atoms with Crippen LogP contribution >= 0.6 is 0 Å². The van der Waals surface area contributed by atoms with Crippen molar-refractivity contribution >= 4 is 11.9 Å². The molecule has 0 spiro atoms. The summed E-state index contributed by atoms with van der Waals surface area (Å²) in [7, 11) is 1.16. The molecule has 0 aromatic carbocycles. The van der Waals surface area contributed by atoms with Crippen molar-refractivity contribution in [2.75, 3.05) is 7.11 Å². The number of hydrogen-bond acceptors (Lipinski definition) is 8. The zero-order valence-electron chi connectivity index (χ0n) is 13.9. The summed E-state index contributed by atoms with van der Waals surface area (Å²) in [5.41, 5.74) is -1.56. The van der Waals surface area contributed by atoms with E-state index >= 15 is 0 Å². The van der Waals surface area contributed by atoms with Crippen LogP contribution in [0, 0.1) is 11.8 Å². The molecule has 8 nitrogen and oxygen atoms in total. The monoisotopic (exact) mass is 342 g/mol. The Labute approximate surface area is 139 Å². The van der Waals surface area contributed by atoms with Crippen molar-refractivity contribution in [1.29, 1.82) is 0 Å². The van der Waals surface area contributed by atoms with Gasteiger partial charge in [-0.05, 0) is 20.8 Å². The lowest BCUT2D eigenvalue weighted by Gasteiger charge is -2.36. The minimum Gasteiger partial charge on any atom is -0.472 e. The Morgan fingerprint density at radius 3 is 2.54 bits per heavy atom. The Morgan fingerprint density at radius 2 is 2.00 bits per heavy atom. The van der Waals surface area contributed by atoms with E-state index in [0.717, 1.165) is 13.4 Å². The molecule has 1 aliphatic heterocycles. The van der Waals surface area contributed by atoms with E-state index in [1.54, 1.807) is 6.92 Å². The molecule has 2 aliphatic rings. The maximum absolute atomic E-state index is 12.0. The minimum absolute atomic E-state index is 0.0399. The van der Waals surface area contributed by atoms with E-state index in [2.05, 4.69) is 4.74 Å². The summed E-state index contributed by atoms with van der Waals surface area (Å²) in [5, 5.41) is 31.4. The van der Waals surface area contributed by atoms with Gasteiger partial charge >= 0.3 is 11.9 Å². The van der Waals surface area contributed by atoms with Gasteiger partial charge in [-0.3, -0.25) is 0 Å². The summed E-state index contributed by atoms with van der Waals surface area (Å²) in [6.45, 7) is 4.50. The van der Waals surface area contributed by atoms with Crippen molar-refractivity contribution in [3.05, 3.63) is 23.5 Å². The van der Waals surface area contributed by atoms with Crippen molar-refractivity contribution in [3.63, 3.8) is 0 Å². The molecular weight excluding hydrogens is 320 g/mol. The van der Waals surface area contributed by atoms with E-state index < -0.39 is 47.9 Å². The fraction of sp³-hybridized carbons (Fsp3) is 0.625. The van der Waals surface area contributed by atoms with Crippen LogP contribution in [-0.4, -0.2) is 58.5 Å².